The first-order valence-electron chi connectivity index (χ1n) is 4.25. The Labute approximate surface area is 78.2 Å². The van der Waals surface area contributed by atoms with Crippen molar-refractivity contribution in [2.45, 2.75) is 19.8 Å². The molecular weight excluding hydrogens is 164 g/mol. The maximum absolute atomic E-state index is 5.22. The van der Waals surface area contributed by atoms with E-state index in [-0.39, 0.29) is 0 Å². The molecule has 0 aliphatic heterocycles. The van der Waals surface area contributed by atoms with Gasteiger partial charge < -0.3 is 4.74 Å². The molecule has 1 rings (SSSR count). The highest BCUT2D eigenvalue weighted by molar-refractivity contribution is 5.05. The summed E-state index contributed by atoms with van der Waals surface area (Å²) >= 11 is 0. The van der Waals surface area contributed by atoms with Crippen LogP contribution in [0.15, 0.2) is 12.3 Å². The summed E-state index contributed by atoms with van der Waals surface area (Å²) in [5, 5.41) is 0. The second kappa shape index (κ2) is 5.15. The summed E-state index contributed by atoms with van der Waals surface area (Å²) in [7, 11) is 0. The summed E-state index contributed by atoms with van der Waals surface area (Å²) in [6, 6.07) is 2.28. The van der Waals surface area contributed by atoms with Gasteiger partial charge in [0.1, 0.15) is 6.61 Å². The standard InChI is InChI=1S/C10H12N2O/c1-3-5-8-13-10-11-7-6-9(4-2)12-10/h1,6-7H,4-5,8H2,2H3. The minimum atomic E-state index is 0.412. The van der Waals surface area contributed by atoms with Crippen LogP contribution < -0.4 is 4.74 Å². The van der Waals surface area contributed by atoms with Gasteiger partial charge in [0.15, 0.2) is 0 Å². The molecule has 1 aromatic rings. The maximum Gasteiger partial charge on any atom is 0.316 e. The van der Waals surface area contributed by atoms with Gasteiger partial charge in [0.2, 0.25) is 0 Å². The minimum absolute atomic E-state index is 0.412. The molecule has 0 spiro atoms. The van der Waals surface area contributed by atoms with Crippen LogP contribution in [0.2, 0.25) is 0 Å². The quantitative estimate of drug-likeness (QED) is 0.514. The van der Waals surface area contributed by atoms with Crippen molar-refractivity contribution in [1.82, 2.24) is 9.97 Å². The minimum Gasteiger partial charge on any atom is -0.462 e. The SMILES string of the molecule is C#CCCOc1nccc(CC)n1. The zero-order valence-corrected chi connectivity index (χ0v) is 7.66. The predicted molar refractivity (Wildman–Crippen MR) is 50.4 cm³/mol. The molecule has 0 fully saturated rings. The van der Waals surface area contributed by atoms with E-state index in [4.69, 9.17) is 11.2 Å². The van der Waals surface area contributed by atoms with Crippen molar-refractivity contribution < 1.29 is 4.74 Å². The molecule has 0 saturated carbocycles. The monoisotopic (exact) mass is 176 g/mol. The average Bonchev–Trinajstić information content (AvgIpc) is 2.19. The van der Waals surface area contributed by atoms with Gasteiger partial charge in [-0.25, -0.2) is 9.97 Å². The van der Waals surface area contributed by atoms with E-state index in [9.17, 15) is 0 Å². The zero-order chi connectivity index (χ0) is 9.52. The highest BCUT2D eigenvalue weighted by atomic mass is 16.5. The Balaban J connectivity index is 2.52. The summed E-state index contributed by atoms with van der Waals surface area (Å²) in [4.78, 5) is 8.12. The fourth-order valence-electron chi connectivity index (χ4n) is 0.844. The Morgan fingerprint density at radius 2 is 2.46 bits per heavy atom. The summed E-state index contributed by atoms with van der Waals surface area (Å²) < 4.78 is 5.22. The molecule has 3 nitrogen and oxygen atoms in total. The molecule has 0 aromatic carbocycles. The molecule has 0 radical (unpaired) electrons. The number of aryl methyl sites for hydroxylation is 1. The first kappa shape index (κ1) is 9.53. The number of hydrogen-bond acceptors (Lipinski definition) is 3. The lowest BCUT2D eigenvalue weighted by Crippen LogP contribution is -2.01. The van der Waals surface area contributed by atoms with E-state index >= 15 is 0 Å². The Kier molecular flexibility index (Phi) is 3.77. The van der Waals surface area contributed by atoms with Crippen molar-refractivity contribution in [3.05, 3.63) is 18.0 Å². The van der Waals surface area contributed by atoms with Crippen molar-refractivity contribution in [3.8, 4) is 18.4 Å². The van der Waals surface area contributed by atoms with Gasteiger partial charge in [-0.3, -0.25) is 0 Å². The van der Waals surface area contributed by atoms with Crippen LogP contribution in [0.5, 0.6) is 6.01 Å². The van der Waals surface area contributed by atoms with Gasteiger partial charge in [-0.1, -0.05) is 6.92 Å². The van der Waals surface area contributed by atoms with E-state index in [2.05, 4.69) is 15.9 Å². The fourth-order valence-corrected chi connectivity index (χ4v) is 0.844. The average molecular weight is 176 g/mol. The van der Waals surface area contributed by atoms with Crippen LogP contribution in [0.1, 0.15) is 19.0 Å². The fraction of sp³-hybridized carbons (Fsp3) is 0.400. The lowest BCUT2D eigenvalue weighted by molar-refractivity contribution is 0.300. The van der Waals surface area contributed by atoms with Gasteiger partial charge in [0, 0.05) is 18.3 Å². The third-order valence-corrected chi connectivity index (χ3v) is 1.53. The van der Waals surface area contributed by atoms with Crippen molar-refractivity contribution in [2.75, 3.05) is 6.61 Å². The number of hydrogen-bond donors (Lipinski definition) is 0. The van der Waals surface area contributed by atoms with Gasteiger partial charge >= 0.3 is 6.01 Å². The maximum atomic E-state index is 5.22. The molecule has 0 bridgehead atoms. The normalized spacial score (nSPS) is 9.23. The molecule has 0 atom stereocenters. The van der Waals surface area contributed by atoms with E-state index in [1.807, 2.05) is 13.0 Å². The summed E-state index contributed by atoms with van der Waals surface area (Å²) in [5.74, 6) is 2.49. The molecule has 0 aliphatic rings. The molecule has 0 aliphatic carbocycles. The molecule has 1 heterocycles. The molecule has 0 amide bonds. The highest BCUT2D eigenvalue weighted by Gasteiger charge is 1.97. The summed E-state index contributed by atoms with van der Waals surface area (Å²) in [6.07, 6.45) is 8.24. The number of terminal acetylenes is 1. The summed E-state index contributed by atoms with van der Waals surface area (Å²) in [5.41, 5.74) is 0.978. The van der Waals surface area contributed by atoms with Crippen LogP contribution in [0.4, 0.5) is 0 Å². The van der Waals surface area contributed by atoms with E-state index < -0.39 is 0 Å². The first-order valence-corrected chi connectivity index (χ1v) is 4.25. The van der Waals surface area contributed by atoms with Crippen molar-refractivity contribution >= 4 is 0 Å². The Bertz CT molecular complexity index is 304. The second-order valence-electron chi connectivity index (χ2n) is 2.49. The predicted octanol–water partition coefficient (Wildman–Crippen LogP) is 1.44. The molecule has 13 heavy (non-hydrogen) atoms. The zero-order valence-electron chi connectivity index (χ0n) is 7.66. The van der Waals surface area contributed by atoms with Crippen LogP contribution >= 0.6 is 0 Å². The van der Waals surface area contributed by atoms with Gasteiger partial charge in [-0.2, -0.15) is 0 Å². The molecule has 0 saturated heterocycles. The lowest BCUT2D eigenvalue weighted by atomic mass is 10.3. The van der Waals surface area contributed by atoms with Crippen molar-refractivity contribution in [1.29, 1.82) is 0 Å². The molecule has 0 N–H and O–H groups in total. The smallest absolute Gasteiger partial charge is 0.316 e. The number of aromatic nitrogens is 2. The van der Waals surface area contributed by atoms with Gasteiger partial charge in [0.25, 0.3) is 0 Å². The molecular formula is C10H12N2O. The van der Waals surface area contributed by atoms with Gasteiger partial charge in [0.05, 0.1) is 0 Å². The van der Waals surface area contributed by atoms with Crippen LogP contribution in [0, 0.1) is 12.3 Å². The van der Waals surface area contributed by atoms with E-state index in [1.54, 1.807) is 6.20 Å². The number of nitrogens with zero attached hydrogens (tertiary/aromatic N) is 2. The number of rotatable bonds is 4. The van der Waals surface area contributed by atoms with Crippen molar-refractivity contribution in [3.63, 3.8) is 0 Å². The van der Waals surface area contributed by atoms with Crippen LogP contribution in [-0.4, -0.2) is 16.6 Å². The van der Waals surface area contributed by atoms with Crippen molar-refractivity contribution in [2.24, 2.45) is 0 Å². The second-order valence-corrected chi connectivity index (χ2v) is 2.49. The van der Waals surface area contributed by atoms with Crippen LogP contribution in [0.25, 0.3) is 0 Å². The van der Waals surface area contributed by atoms with E-state index in [0.29, 0.717) is 19.0 Å². The Morgan fingerprint density at radius 1 is 1.62 bits per heavy atom. The van der Waals surface area contributed by atoms with E-state index in [0.717, 1.165) is 12.1 Å². The Morgan fingerprint density at radius 3 is 3.15 bits per heavy atom. The molecule has 0 unspecified atom stereocenters. The molecule has 68 valence electrons. The summed E-state index contributed by atoms with van der Waals surface area (Å²) in [6.45, 7) is 2.51. The molecule has 1 aromatic heterocycles. The number of ether oxygens (including phenoxy) is 1. The Hall–Kier alpha value is -1.56. The lowest BCUT2D eigenvalue weighted by Gasteiger charge is -2.02. The van der Waals surface area contributed by atoms with Crippen LogP contribution in [-0.2, 0) is 6.42 Å². The topological polar surface area (TPSA) is 35.0 Å². The van der Waals surface area contributed by atoms with Gasteiger partial charge in [-0.15, -0.1) is 12.3 Å². The first-order chi connectivity index (χ1) is 6.36. The third kappa shape index (κ3) is 3.12. The van der Waals surface area contributed by atoms with Crippen LogP contribution in [0.3, 0.4) is 0 Å². The van der Waals surface area contributed by atoms with E-state index in [1.165, 1.54) is 0 Å². The molecule has 3 heteroatoms. The third-order valence-electron chi connectivity index (χ3n) is 1.53. The highest BCUT2D eigenvalue weighted by Crippen LogP contribution is 2.03. The van der Waals surface area contributed by atoms with Gasteiger partial charge in [-0.05, 0) is 12.5 Å². The largest absolute Gasteiger partial charge is 0.462 e.